The van der Waals surface area contributed by atoms with Gasteiger partial charge in [-0.2, -0.15) is 0 Å². The van der Waals surface area contributed by atoms with Gasteiger partial charge in [-0.05, 0) is 64.0 Å². The van der Waals surface area contributed by atoms with Gasteiger partial charge >= 0.3 is 0 Å². The molecule has 1 aromatic carbocycles. The third kappa shape index (κ3) is 5.39. The first-order valence-corrected chi connectivity index (χ1v) is 11.5. The van der Waals surface area contributed by atoms with E-state index in [1.807, 2.05) is 0 Å². The maximum Gasteiger partial charge on any atom is 0.225 e. The molecule has 2 aliphatic heterocycles. The second kappa shape index (κ2) is 9.29. The minimum atomic E-state index is 0.104. The summed E-state index contributed by atoms with van der Waals surface area (Å²) in [7, 11) is 0. The maximum absolute atomic E-state index is 12.7. The fourth-order valence-electron chi connectivity index (χ4n) is 4.93. The minimum Gasteiger partial charge on any atom is -0.355 e. The Kier molecular flexibility index (Phi) is 6.53. The Balaban J connectivity index is 1.20. The number of aryl methyl sites for hydroxylation is 1. The lowest BCUT2D eigenvalue weighted by Gasteiger charge is -2.42. The Hall–Kier alpha value is -1.88. The predicted octanol–water partition coefficient (Wildman–Crippen LogP) is 2.77. The molecule has 2 saturated heterocycles. The van der Waals surface area contributed by atoms with Crippen molar-refractivity contribution in [3.05, 3.63) is 35.4 Å². The molecule has 2 amide bonds. The van der Waals surface area contributed by atoms with Gasteiger partial charge < -0.3 is 10.2 Å². The summed E-state index contributed by atoms with van der Waals surface area (Å²) in [6.07, 6.45) is 7.26. The molecule has 0 bridgehead atoms. The van der Waals surface area contributed by atoms with E-state index in [0.29, 0.717) is 24.4 Å². The van der Waals surface area contributed by atoms with Gasteiger partial charge in [-0.1, -0.05) is 29.8 Å². The van der Waals surface area contributed by atoms with Crippen LogP contribution < -0.4 is 5.32 Å². The van der Waals surface area contributed by atoms with Crippen LogP contribution in [0.15, 0.2) is 24.3 Å². The fourth-order valence-corrected chi connectivity index (χ4v) is 4.93. The lowest BCUT2D eigenvalue weighted by molar-refractivity contribution is -0.134. The second-order valence-corrected chi connectivity index (χ2v) is 9.19. The van der Waals surface area contributed by atoms with Crippen LogP contribution in [0.2, 0.25) is 0 Å². The summed E-state index contributed by atoms with van der Waals surface area (Å²) in [6.45, 7) is 6.56. The normalized spacial score (nSPS) is 23.8. The van der Waals surface area contributed by atoms with Crippen molar-refractivity contribution < 1.29 is 9.59 Å². The first-order chi connectivity index (χ1) is 14.1. The minimum absolute atomic E-state index is 0.104. The molecule has 5 nitrogen and oxygen atoms in total. The van der Waals surface area contributed by atoms with Crippen LogP contribution >= 0.6 is 0 Å². The van der Waals surface area contributed by atoms with Crippen molar-refractivity contribution in [1.29, 1.82) is 0 Å². The highest BCUT2D eigenvalue weighted by molar-refractivity contribution is 5.81. The van der Waals surface area contributed by atoms with Crippen molar-refractivity contribution in [2.45, 2.75) is 57.9 Å². The molecule has 3 fully saturated rings. The summed E-state index contributed by atoms with van der Waals surface area (Å²) < 4.78 is 0. The van der Waals surface area contributed by atoms with Crippen molar-refractivity contribution >= 4 is 11.8 Å². The number of nitrogens with one attached hydrogen (secondary N) is 1. The average Bonchev–Trinajstić information content (AvgIpc) is 3.59. The largest absolute Gasteiger partial charge is 0.355 e. The van der Waals surface area contributed by atoms with Crippen LogP contribution in [-0.2, 0) is 16.0 Å². The molecular formula is C24H35N3O2. The van der Waals surface area contributed by atoms with Gasteiger partial charge in [0.15, 0.2) is 0 Å². The Morgan fingerprint density at radius 1 is 1.03 bits per heavy atom. The number of benzene rings is 1. The zero-order valence-corrected chi connectivity index (χ0v) is 17.7. The molecule has 4 rings (SSSR count). The first-order valence-electron chi connectivity index (χ1n) is 11.5. The number of piperidine rings is 2. The van der Waals surface area contributed by atoms with Crippen molar-refractivity contribution in [2.75, 3.05) is 32.7 Å². The molecule has 3 aliphatic rings. The van der Waals surface area contributed by atoms with E-state index in [0.717, 1.165) is 71.1 Å². The standard InChI is InChI=1S/C24H35N3O2/c1-18-4-2-5-19(16-18)9-12-25-23(28)21-6-3-13-27(17-21)22-10-14-26(15-11-22)24(29)20-7-8-20/h2,4-5,16,20-22H,3,6-15,17H2,1H3,(H,25,28)/t21-/m0/s1. The van der Waals surface area contributed by atoms with E-state index in [9.17, 15) is 9.59 Å². The first kappa shape index (κ1) is 20.4. The zero-order valence-electron chi connectivity index (χ0n) is 17.7. The van der Waals surface area contributed by atoms with Gasteiger partial charge in [0, 0.05) is 38.1 Å². The number of likely N-dealkylation sites (tertiary alicyclic amines) is 2. The zero-order chi connectivity index (χ0) is 20.2. The number of hydrogen-bond donors (Lipinski definition) is 1. The Labute approximate surface area is 174 Å². The Morgan fingerprint density at radius 2 is 1.83 bits per heavy atom. The van der Waals surface area contributed by atoms with Crippen LogP contribution in [-0.4, -0.2) is 60.4 Å². The summed E-state index contributed by atoms with van der Waals surface area (Å²) >= 11 is 0. The summed E-state index contributed by atoms with van der Waals surface area (Å²) in [6, 6.07) is 9.03. The summed E-state index contributed by atoms with van der Waals surface area (Å²) in [5.74, 6) is 1.03. The molecule has 5 heteroatoms. The van der Waals surface area contributed by atoms with Crippen LogP contribution in [0.1, 0.15) is 49.7 Å². The number of nitrogens with zero attached hydrogens (tertiary/aromatic N) is 2. The van der Waals surface area contributed by atoms with Crippen molar-refractivity contribution in [3.63, 3.8) is 0 Å². The lowest BCUT2D eigenvalue weighted by Crippen LogP contribution is -2.51. The predicted molar refractivity (Wildman–Crippen MR) is 115 cm³/mol. The SMILES string of the molecule is Cc1cccc(CCNC(=O)[C@H]2CCCN(C3CCN(C(=O)C4CC4)CC3)C2)c1. The van der Waals surface area contributed by atoms with Crippen LogP contribution in [0.4, 0.5) is 0 Å². The number of hydrogen-bond acceptors (Lipinski definition) is 3. The molecule has 1 N–H and O–H groups in total. The highest BCUT2D eigenvalue weighted by Crippen LogP contribution is 2.32. The van der Waals surface area contributed by atoms with Crippen LogP contribution in [0, 0.1) is 18.8 Å². The quantitative estimate of drug-likeness (QED) is 0.803. The summed E-state index contributed by atoms with van der Waals surface area (Å²) in [5, 5.41) is 3.17. The molecule has 0 radical (unpaired) electrons. The molecule has 158 valence electrons. The number of amides is 2. The van der Waals surface area contributed by atoms with Crippen LogP contribution in [0.25, 0.3) is 0 Å². The molecule has 29 heavy (non-hydrogen) atoms. The molecule has 1 saturated carbocycles. The Bertz CT molecular complexity index is 723. The Morgan fingerprint density at radius 3 is 2.55 bits per heavy atom. The van der Waals surface area contributed by atoms with E-state index >= 15 is 0 Å². The number of carbonyl (C=O) groups excluding carboxylic acids is 2. The summed E-state index contributed by atoms with van der Waals surface area (Å²) in [5.41, 5.74) is 2.55. The van der Waals surface area contributed by atoms with Gasteiger partial charge in [-0.25, -0.2) is 0 Å². The maximum atomic E-state index is 12.7. The monoisotopic (exact) mass is 397 g/mol. The molecule has 1 aliphatic carbocycles. The van der Waals surface area contributed by atoms with Gasteiger partial charge in [0.1, 0.15) is 0 Å². The molecule has 2 heterocycles. The average molecular weight is 398 g/mol. The van der Waals surface area contributed by atoms with Crippen LogP contribution in [0.3, 0.4) is 0 Å². The topological polar surface area (TPSA) is 52.7 Å². The van der Waals surface area contributed by atoms with E-state index in [1.54, 1.807) is 0 Å². The highest BCUT2D eigenvalue weighted by atomic mass is 16.2. The summed E-state index contributed by atoms with van der Waals surface area (Å²) in [4.78, 5) is 29.6. The molecule has 0 unspecified atom stereocenters. The molecule has 1 aromatic rings. The molecule has 1 atom stereocenters. The molecule has 0 spiro atoms. The second-order valence-electron chi connectivity index (χ2n) is 9.19. The smallest absolute Gasteiger partial charge is 0.225 e. The van der Waals surface area contributed by atoms with Gasteiger partial charge in [0.05, 0.1) is 5.92 Å². The van der Waals surface area contributed by atoms with Gasteiger partial charge in [-0.3, -0.25) is 14.5 Å². The highest BCUT2D eigenvalue weighted by Gasteiger charge is 2.37. The molecular weight excluding hydrogens is 362 g/mol. The van der Waals surface area contributed by atoms with Crippen molar-refractivity contribution in [2.24, 2.45) is 11.8 Å². The van der Waals surface area contributed by atoms with Crippen molar-refractivity contribution in [3.8, 4) is 0 Å². The van der Waals surface area contributed by atoms with E-state index in [-0.39, 0.29) is 11.8 Å². The van der Waals surface area contributed by atoms with E-state index in [1.165, 1.54) is 11.1 Å². The van der Waals surface area contributed by atoms with E-state index in [4.69, 9.17) is 0 Å². The van der Waals surface area contributed by atoms with E-state index in [2.05, 4.69) is 46.3 Å². The third-order valence-electron chi connectivity index (χ3n) is 6.84. The van der Waals surface area contributed by atoms with Crippen molar-refractivity contribution in [1.82, 2.24) is 15.1 Å². The van der Waals surface area contributed by atoms with Crippen LogP contribution in [0.5, 0.6) is 0 Å². The number of rotatable bonds is 6. The van der Waals surface area contributed by atoms with E-state index < -0.39 is 0 Å². The lowest BCUT2D eigenvalue weighted by atomic mass is 9.93. The van der Waals surface area contributed by atoms with Gasteiger partial charge in [-0.15, -0.1) is 0 Å². The van der Waals surface area contributed by atoms with Gasteiger partial charge in [0.2, 0.25) is 11.8 Å². The number of carbonyl (C=O) groups is 2. The third-order valence-corrected chi connectivity index (χ3v) is 6.84. The fraction of sp³-hybridized carbons (Fsp3) is 0.667. The molecule has 0 aromatic heterocycles. The van der Waals surface area contributed by atoms with Gasteiger partial charge in [0.25, 0.3) is 0 Å².